The van der Waals surface area contributed by atoms with Crippen molar-refractivity contribution in [3.8, 4) is 11.3 Å². The molecular formula is C22H23FN4O. The van der Waals surface area contributed by atoms with Crippen LogP contribution >= 0.6 is 0 Å². The Balaban J connectivity index is 1.33. The lowest BCUT2D eigenvalue weighted by Crippen LogP contribution is -2.44. The molecule has 1 amide bonds. The van der Waals surface area contributed by atoms with Crippen molar-refractivity contribution in [2.24, 2.45) is 0 Å². The zero-order chi connectivity index (χ0) is 19.5. The molecule has 0 radical (unpaired) electrons. The van der Waals surface area contributed by atoms with E-state index in [1.54, 1.807) is 12.1 Å². The molecule has 0 saturated carbocycles. The molecule has 0 spiro atoms. The Kier molecular flexibility index (Phi) is 5.10. The number of amides is 1. The van der Waals surface area contributed by atoms with E-state index in [1.807, 2.05) is 37.3 Å². The van der Waals surface area contributed by atoms with E-state index in [4.69, 9.17) is 0 Å². The highest BCUT2D eigenvalue weighted by Gasteiger charge is 2.22. The fourth-order valence-corrected chi connectivity index (χ4v) is 3.48. The summed E-state index contributed by atoms with van der Waals surface area (Å²) in [4.78, 5) is 14.6. The molecule has 0 bridgehead atoms. The molecular weight excluding hydrogens is 355 g/mol. The van der Waals surface area contributed by atoms with E-state index in [1.165, 1.54) is 12.1 Å². The van der Waals surface area contributed by atoms with Crippen LogP contribution in [0.5, 0.6) is 0 Å². The molecule has 1 aliphatic rings. The molecule has 2 N–H and O–H groups in total. The Morgan fingerprint density at radius 2 is 1.79 bits per heavy atom. The van der Waals surface area contributed by atoms with Gasteiger partial charge in [-0.3, -0.25) is 9.89 Å². The number of hydrogen-bond acceptors (Lipinski definition) is 3. The number of aromatic amines is 1. The van der Waals surface area contributed by atoms with Crippen LogP contribution in [0.25, 0.3) is 11.3 Å². The fraction of sp³-hybridized carbons (Fsp3) is 0.273. The largest absolute Gasteiger partial charge is 0.355 e. The van der Waals surface area contributed by atoms with Crippen molar-refractivity contribution < 1.29 is 9.18 Å². The lowest BCUT2D eigenvalue weighted by Gasteiger charge is -2.32. The summed E-state index contributed by atoms with van der Waals surface area (Å²) >= 11 is 0. The van der Waals surface area contributed by atoms with Crippen molar-refractivity contribution >= 4 is 11.7 Å². The van der Waals surface area contributed by atoms with Gasteiger partial charge in [-0.1, -0.05) is 17.7 Å². The molecule has 2 heterocycles. The molecule has 0 unspecified atom stereocenters. The van der Waals surface area contributed by atoms with E-state index in [-0.39, 0.29) is 17.8 Å². The highest BCUT2D eigenvalue weighted by molar-refractivity contribution is 5.94. The number of aryl methyl sites for hydroxylation is 1. The van der Waals surface area contributed by atoms with Gasteiger partial charge in [0.25, 0.3) is 5.91 Å². The fourth-order valence-electron chi connectivity index (χ4n) is 3.48. The van der Waals surface area contributed by atoms with Crippen molar-refractivity contribution in [3.63, 3.8) is 0 Å². The van der Waals surface area contributed by atoms with Gasteiger partial charge in [0.15, 0.2) is 5.82 Å². The van der Waals surface area contributed by atoms with Gasteiger partial charge < -0.3 is 10.2 Å². The first-order valence-electron chi connectivity index (χ1n) is 9.52. The van der Waals surface area contributed by atoms with Gasteiger partial charge in [-0.2, -0.15) is 5.10 Å². The second-order valence-corrected chi connectivity index (χ2v) is 7.25. The number of aromatic nitrogens is 2. The van der Waals surface area contributed by atoms with Gasteiger partial charge in [-0.05, 0) is 61.7 Å². The summed E-state index contributed by atoms with van der Waals surface area (Å²) in [7, 11) is 0. The third kappa shape index (κ3) is 4.06. The van der Waals surface area contributed by atoms with Gasteiger partial charge in [-0.25, -0.2) is 4.39 Å². The van der Waals surface area contributed by atoms with E-state index in [2.05, 4.69) is 20.4 Å². The maximum Gasteiger partial charge on any atom is 0.251 e. The third-order valence-corrected chi connectivity index (χ3v) is 5.19. The molecule has 28 heavy (non-hydrogen) atoms. The molecule has 0 aliphatic carbocycles. The van der Waals surface area contributed by atoms with Crippen LogP contribution in [-0.4, -0.2) is 35.2 Å². The Bertz CT molecular complexity index is 941. The van der Waals surface area contributed by atoms with E-state index in [0.29, 0.717) is 5.56 Å². The maximum atomic E-state index is 13.1. The highest BCUT2D eigenvalue weighted by atomic mass is 19.1. The van der Waals surface area contributed by atoms with E-state index < -0.39 is 0 Å². The summed E-state index contributed by atoms with van der Waals surface area (Å²) in [5, 5.41) is 10.6. The number of rotatable bonds is 4. The molecule has 3 aromatic rings. The lowest BCUT2D eigenvalue weighted by atomic mass is 10.0. The summed E-state index contributed by atoms with van der Waals surface area (Å²) in [5.74, 6) is 0.609. The number of anilines is 1. The number of piperidine rings is 1. The van der Waals surface area contributed by atoms with Crippen LogP contribution in [0.3, 0.4) is 0 Å². The third-order valence-electron chi connectivity index (χ3n) is 5.19. The summed E-state index contributed by atoms with van der Waals surface area (Å²) in [5.41, 5.74) is 3.61. The molecule has 2 aromatic carbocycles. The molecule has 144 valence electrons. The topological polar surface area (TPSA) is 61.0 Å². The van der Waals surface area contributed by atoms with Crippen LogP contribution in [0.2, 0.25) is 0 Å². The molecule has 5 nitrogen and oxygen atoms in total. The minimum atomic E-state index is -0.252. The highest BCUT2D eigenvalue weighted by Crippen LogP contribution is 2.24. The number of nitrogens with one attached hydrogen (secondary N) is 2. The first-order valence-corrected chi connectivity index (χ1v) is 9.52. The quantitative estimate of drug-likeness (QED) is 0.723. The maximum absolute atomic E-state index is 13.1. The number of carbonyl (C=O) groups excluding carboxylic acids is 1. The zero-order valence-electron chi connectivity index (χ0n) is 15.8. The number of carbonyl (C=O) groups is 1. The van der Waals surface area contributed by atoms with Crippen LogP contribution in [0.1, 0.15) is 28.8 Å². The van der Waals surface area contributed by atoms with E-state index >= 15 is 0 Å². The predicted molar refractivity (Wildman–Crippen MR) is 108 cm³/mol. The van der Waals surface area contributed by atoms with Gasteiger partial charge in [0.2, 0.25) is 0 Å². The SMILES string of the molecule is Cc1ccc(C(=O)NC2CCN(c3cc(-c4ccc(F)cc4)[nH]n3)CC2)cc1. The lowest BCUT2D eigenvalue weighted by molar-refractivity contribution is 0.0931. The minimum Gasteiger partial charge on any atom is -0.355 e. The van der Waals surface area contributed by atoms with E-state index in [0.717, 1.165) is 48.6 Å². The molecule has 4 rings (SSSR count). The van der Waals surface area contributed by atoms with Crippen molar-refractivity contribution in [1.82, 2.24) is 15.5 Å². The first-order chi connectivity index (χ1) is 13.6. The Labute approximate surface area is 163 Å². The number of hydrogen-bond donors (Lipinski definition) is 2. The Hall–Kier alpha value is -3.15. The Morgan fingerprint density at radius 3 is 2.46 bits per heavy atom. The molecule has 6 heteroatoms. The van der Waals surface area contributed by atoms with Gasteiger partial charge in [0.05, 0.1) is 5.69 Å². The normalized spacial score (nSPS) is 14.9. The second-order valence-electron chi connectivity index (χ2n) is 7.25. The van der Waals surface area contributed by atoms with Gasteiger partial charge in [0.1, 0.15) is 5.82 Å². The van der Waals surface area contributed by atoms with Crippen molar-refractivity contribution in [3.05, 3.63) is 71.5 Å². The number of nitrogens with zero attached hydrogens (tertiary/aromatic N) is 2. The minimum absolute atomic E-state index is 0.0168. The number of benzene rings is 2. The van der Waals surface area contributed by atoms with Gasteiger partial charge >= 0.3 is 0 Å². The zero-order valence-corrected chi connectivity index (χ0v) is 15.8. The van der Waals surface area contributed by atoms with Crippen LogP contribution in [0.4, 0.5) is 10.2 Å². The number of H-pyrrole nitrogens is 1. The monoisotopic (exact) mass is 378 g/mol. The smallest absolute Gasteiger partial charge is 0.251 e. The molecule has 1 fully saturated rings. The average Bonchev–Trinajstić information content (AvgIpc) is 3.20. The van der Waals surface area contributed by atoms with Crippen molar-refractivity contribution in [2.75, 3.05) is 18.0 Å². The summed E-state index contributed by atoms with van der Waals surface area (Å²) in [6.07, 6.45) is 1.74. The Morgan fingerprint density at radius 1 is 1.11 bits per heavy atom. The first kappa shape index (κ1) is 18.2. The molecule has 1 aromatic heterocycles. The average molecular weight is 378 g/mol. The van der Waals surface area contributed by atoms with Crippen LogP contribution in [0, 0.1) is 12.7 Å². The molecule has 1 aliphatic heterocycles. The summed E-state index contributed by atoms with van der Waals surface area (Å²) in [6, 6.07) is 16.1. The molecule has 0 atom stereocenters. The summed E-state index contributed by atoms with van der Waals surface area (Å²) < 4.78 is 13.1. The standard InChI is InChI=1S/C22H23FN4O/c1-15-2-4-17(5-3-15)22(28)24-19-10-12-27(13-11-19)21-14-20(25-26-21)16-6-8-18(23)9-7-16/h2-9,14,19H,10-13H2,1H3,(H,24,28)(H,25,26). The second kappa shape index (κ2) is 7.84. The van der Waals surface area contributed by atoms with Gasteiger partial charge in [-0.15, -0.1) is 0 Å². The van der Waals surface area contributed by atoms with Crippen LogP contribution in [-0.2, 0) is 0 Å². The van der Waals surface area contributed by atoms with Gasteiger partial charge in [0, 0.05) is 30.8 Å². The number of halogens is 1. The van der Waals surface area contributed by atoms with E-state index in [9.17, 15) is 9.18 Å². The van der Waals surface area contributed by atoms with Crippen molar-refractivity contribution in [1.29, 1.82) is 0 Å². The van der Waals surface area contributed by atoms with Crippen LogP contribution < -0.4 is 10.2 Å². The predicted octanol–water partition coefficient (Wildman–Crippen LogP) is 3.92. The van der Waals surface area contributed by atoms with Crippen LogP contribution in [0.15, 0.2) is 54.6 Å². The van der Waals surface area contributed by atoms with Crippen molar-refractivity contribution in [2.45, 2.75) is 25.8 Å². The molecule has 1 saturated heterocycles. The summed E-state index contributed by atoms with van der Waals surface area (Å²) in [6.45, 7) is 3.66.